The lowest BCUT2D eigenvalue weighted by Gasteiger charge is -2.13. The lowest BCUT2D eigenvalue weighted by atomic mass is 10.1. The van der Waals surface area contributed by atoms with Gasteiger partial charge in [0.25, 0.3) is 0 Å². The number of anilines is 1. The predicted molar refractivity (Wildman–Crippen MR) is 72.6 cm³/mol. The summed E-state index contributed by atoms with van der Waals surface area (Å²) in [5.74, 6) is -0.535. The van der Waals surface area contributed by atoms with Gasteiger partial charge in [-0.05, 0) is 31.4 Å². The number of carboxylic acid groups (broad SMARTS) is 1. The van der Waals surface area contributed by atoms with Crippen molar-refractivity contribution < 1.29 is 14.6 Å². The van der Waals surface area contributed by atoms with Crippen molar-refractivity contribution in [1.29, 1.82) is 0 Å². The smallest absolute Gasteiger partial charge is 0.339 e. The van der Waals surface area contributed by atoms with E-state index < -0.39 is 5.97 Å². The summed E-state index contributed by atoms with van der Waals surface area (Å²) in [6.45, 7) is 2.93. The van der Waals surface area contributed by atoms with Gasteiger partial charge in [0, 0.05) is 12.7 Å². The Labute approximate surface area is 113 Å². The fourth-order valence-electron chi connectivity index (χ4n) is 2.41. The second-order valence-electron chi connectivity index (χ2n) is 4.86. The van der Waals surface area contributed by atoms with Gasteiger partial charge in [-0.2, -0.15) is 0 Å². The summed E-state index contributed by atoms with van der Waals surface area (Å²) in [4.78, 5) is 15.3. The van der Waals surface area contributed by atoms with E-state index in [0.717, 1.165) is 12.8 Å². The first kappa shape index (κ1) is 13.8. The van der Waals surface area contributed by atoms with Crippen LogP contribution in [0, 0.1) is 6.92 Å². The molecule has 19 heavy (non-hydrogen) atoms. The molecule has 2 N–H and O–H groups in total. The number of ether oxygens (including phenoxy) is 1. The minimum atomic E-state index is -0.954. The van der Waals surface area contributed by atoms with E-state index in [1.54, 1.807) is 19.2 Å². The number of pyridine rings is 1. The zero-order valence-corrected chi connectivity index (χ0v) is 11.2. The molecule has 0 radical (unpaired) electrons. The van der Waals surface area contributed by atoms with Gasteiger partial charge in [0.2, 0.25) is 0 Å². The Bertz CT molecular complexity index is 442. The predicted octanol–water partition coefficient (Wildman–Crippen LogP) is 2.46. The average Bonchev–Trinajstić information content (AvgIpc) is 2.87. The molecular weight excluding hydrogens is 244 g/mol. The molecule has 0 aliphatic heterocycles. The molecule has 1 fully saturated rings. The molecule has 0 bridgehead atoms. The Morgan fingerprint density at radius 2 is 2.26 bits per heavy atom. The van der Waals surface area contributed by atoms with Crippen LogP contribution in [0.1, 0.15) is 41.6 Å². The van der Waals surface area contributed by atoms with E-state index in [0.29, 0.717) is 30.6 Å². The highest BCUT2D eigenvalue weighted by molar-refractivity contribution is 5.94. The van der Waals surface area contributed by atoms with Crippen LogP contribution in [-0.2, 0) is 4.74 Å². The number of nitrogens with one attached hydrogen (secondary N) is 1. The van der Waals surface area contributed by atoms with Crippen LogP contribution in [0.2, 0.25) is 0 Å². The summed E-state index contributed by atoms with van der Waals surface area (Å²) in [5, 5.41) is 12.2. The third-order valence-electron chi connectivity index (χ3n) is 3.42. The maximum Gasteiger partial charge on any atom is 0.339 e. The maximum absolute atomic E-state index is 11.2. The molecule has 5 nitrogen and oxygen atoms in total. The number of hydrogen-bond acceptors (Lipinski definition) is 4. The van der Waals surface area contributed by atoms with Crippen LogP contribution in [0.3, 0.4) is 0 Å². The zero-order valence-electron chi connectivity index (χ0n) is 11.2. The fraction of sp³-hybridized carbons (Fsp3) is 0.571. The van der Waals surface area contributed by atoms with Gasteiger partial charge in [0.1, 0.15) is 11.4 Å². The van der Waals surface area contributed by atoms with Crippen molar-refractivity contribution in [2.45, 2.75) is 38.7 Å². The van der Waals surface area contributed by atoms with E-state index in [1.807, 2.05) is 0 Å². The minimum absolute atomic E-state index is 0.239. The van der Waals surface area contributed by atoms with E-state index in [9.17, 15) is 4.79 Å². The third-order valence-corrected chi connectivity index (χ3v) is 3.42. The molecule has 1 aliphatic carbocycles. The molecule has 0 amide bonds. The Balaban J connectivity index is 1.85. The van der Waals surface area contributed by atoms with E-state index in [4.69, 9.17) is 9.84 Å². The molecule has 0 saturated heterocycles. The number of aromatic carboxylic acids is 1. The zero-order chi connectivity index (χ0) is 13.7. The normalized spacial score (nSPS) is 15.6. The number of rotatable bonds is 6. The molecule has 0 unspecified atom stereocenters. The number of carboxylic acids is 1. The molecule has 0 aromatic carbocycles. The molecule has 0 spiro atoms. The number of nitrogens with zero attached hydrogens (tertiary/aromatic N) is 1. The monoisotopic (exact) mass is 264 g/mol. The molecular formula is C14H20N2O3. The second kappa shape index (κ2) is 6.52. The Morgan fingerprint density at radius 3 is 2.95 bits per heavy atom. The molecule has 2 rings (SSSR count). The fourth-order valence-corrected chi connectivity index (χ4v) is 2.41. The number of aromatic nitrogens is 1. The van der Waals surface area contributed by atoms with Crippen molar-refractivity contribution in [2.75, 3.05) is 18.5 Å². The number of aryl methyl sites for hydroxylation is 1. The van der Waals surface area contributed by atoms with Crippen LogP contribution in [0.25, 0.3) is 0 Å². The summed E-state index contributed by atoms with van der Waals surface area (Å²) in [6, 6.07) is 1.70. The average molecular weight is 264 g/mol. The van der Waals surface area contributed by atoms with Crippen LogP contribution in [0.15, 0.2) is 12.3 Å². The van der Waals surface area contributed by atoms with Gasteiger partial charge in [-0.1, -0.05) is 12.8 Å². The lowest BCUT2D eigenvalue weighted by Crippen LogP contribution is -2.17. The minimum Gasteiger partial charge on any atom is -0.478 e. The first-order chi connectivity index (χ1) is 9.18. The van der Waals surface area contributed by atoms with Gasteiger partial charge in [-0.3, -0.25) is 0 Å². The van der Waals surface area contributed by atoms with Crippen LogP contribution >= 0.6 is 0 Å². The summed E-state index contributed by atoms with van der Waals surface area (Å²) in [7, 11) is 0. The van der Waals surface area contributed by atoms with Gasteiger partial charge in [-0.15, -0.1) is 0 Å². The SMILES string of the molecule is Cc1ccnc(NCCOC2CCCC2)c1C(=O)O. The first-order valence-corrected chi connectivity index (χ1v) is 6.73. The Morgan fingerprint density at radius 1 is 1.53 bits per heavy atom. The van der Waals surface area contributed by atoms with Crippen molar-refractivity contribution in [1.82, 2.24) is 4.98 Å². The van der Waals surface area contributed by atoms with Gasteiger partial charge < -0.3 is 15.2 Å². The quantitative estimate of drug-likeness (QED) is 0.772. The highest BCUT2D eigenvalue weighted by Crippen LogP contribution is 2.21. The highest BCUT2D eigenvalue weighted by atomic mass is 16.5. The van der Waals surface area contributed by atoms with Crippen molar-refractivity contribution in [3.05, 3.63) is 23.4 Å². The van der Waals surface area contributed by atoms with Crippen LogP contribution in [-0.4, -0.2) is 35.3 Å². The van der Waals surface area contributed by atoms with E-state index >= 15 is 0 Å². The second-order valence-corrected chi connectivity index (χ2v) is 4.86. The van der Waals surface area contributed by atoms with Crippen LogP contribution < -0.4 is 5.32 Å². The molecule has 1 aromatic rings. The molecule has 104 valence electrons. The summed E-state index contributed by atoms with van der Waals surface area (Å²) >= 11 is 0. The van der Waals surface area contributed by atoms with Gasteiger partial charge in [0.15, 0.2) is 0 Å². The summed E-state index contributed by atoms with van der Waals surface area (Å²) in [5.41, 5.74) is 0.949. The first-order valence-electron chi connectivity index (χ1n) is 6.73. The van der Waals surface area contributed by atoms with E-state index in [-0.39, 0.29) is 5.56 Å². The molecule has 1 saturated carbocycles. The molecule has 5 heteroatoms. The third kappa shape index (κ3) is 3.67. The maximum atomic E-state index is 11.2. The summed E-state index contributed by atoms with van der Waals surface area (Å²) < 4.78 is 5.72. The summed E-state index contributed by atoms with van der Waals surface area (Å²) in [6.07, 6.45) is 6.78. The van der Waals surface area contributed by atoms with Gasteiger partial charge >= 0.3 is 5.97 Å². The van der Waals surface area contributed by atoms with Crippen LogP contribution in [0.4, 0.5) is 5.82 Å². The molecule has 1 aliphatic rings. The van der Waals surface area contributed by atoms with E-state index in [2.05, 4.69) is 10.3 Å². The van der Waals surface area contributed by atoms with Crippen molar-refractivity contribution in [3.63, 3.8) is 0 Å². The topological polar surface area (TPSA) is 71.5 Å². The Hall–Kier alpha value is -1.62. The lowest BCUT2D eigenvalue weighted by molar-refractivity contribution is 0.0655. The number of hydrogen-bond donors (Lipinski definition) is 2. The molecule has 0 atom stereocenters. The van der Waals surface area contributed by atoms with Gasteiger partial charge in [-0.25, -0.2) is 9.78 Å². The van der Waals surface area contributed by atoms with E-state index in [1.165, 1.54) is 12.8 Å². The van der Waals surface area contributed by atoms with Crippen molar-refractivity contribution in [2.24, 2.45) is 0 Å². The van der Waals surface area contributed by atoms with Crippen LogP contribution in [0.5, 0.6) is 0 Å². The van der Waals surface area contributed by atoms with Crippen molar-refractivity contribution >= 4 is 11.8 Å². The standard InChI is InChI=1S/C14H20N2O3/c1-10-6-7-15-13(12(10)14(17)18)16-8-9-19-11-4-2-3-5-11/h6-7,11H,2-5,8-9H2,1H3,(H,15,16)(H,17,18). The molecule has 1 heterocycles. The molecule has 1 aromatic heterocycles. The van der Waals surface area contributed by atoms with Crippen molar-refractivity contribution in [3.8, 4) is 0 Å². The number of carbonyl (C=O) groups is 1. The van der Waals surface area contributed by atoms with Gasteiger partial charge in [0.05, 0.1) is 12.7 Å². The highest BCUT2D eigenvalue weighted by Gasteiger charge is 2.16. The largest absolute Gasteiger partial charge is 0.478 e. The Kier molecular flexibility index (Phi) is 4.74.